The summed E-state index contributed by atoms with van der Waals surface area (Å²) >= 11 is 0. The molecule has 1 heterocycles. The summed E-state index contributed by atoms with van der Waals surface area (Å²) in [5.41, 5.74) is 5.33. The van der Waals surface area contributed by atoms with Crippen LogP contribution in [0, 0.1) is 0 Å². The normalized spacial score (nSPS) is 14.7. The fourth-order valence-electron chi connectivity index (χ4n) is 1.24. The third kappa shape index (κ3) is 2.26. The van der Waals surface area contributed by atoms with Crippen molar-refractivity contribution < 1.29 is 4.79 Å². The molecule has 1 aromatic heterocycles. The quantitative estimate of drug-likeness (QED) is 0.694. The monoisotopic (exact) mass is 194 g/mol. The Morgan fingerprint density at radius 1 is 1.64 bits per heavy atom. The van der Waals surface area contributed by atoms with Crippen LogP contribution in [0.2, 0.25) is 0 Å². The molecule has 0 spiro atoms. The van der Waals surface area contributed by atoms with E-state index in [1.807, 2.05) is 6.92 Å². The Kier molecular flexibility index (Phi) is 3.14. The van der Waals surface area contributed by atoms with E-state index in [1.165, 1.54) is 0 Å². The number of carbonyl (C=O) groups is 1. The van der Waals surface area contributed by atoms with Gasteiger partial charge >= 0.3 is 0 Å². The predicted molar refractivity (Wildman–Crippen MR) is 52.3 cm³/mol. The first-order chi connectivity index (χ1) is 6.58. The van der Waals surface area contributed by atoms with Crippen molar-refractivity contribution in [1.82, 2.24) is 15.3 Å². The van der Waals surface area contributed by atoms with Crippen LogP contribution >= 0.6 is 0 Å². The van der Waals surface area contributed by atoms with Crippen LogP contribution in [0.1, 0.15) is 19.0 Å². The van der Waals surface area contributed by atoms with Crippen molar-refractivity contribution in [3.8, 4) is 0 Å². The van der Waals surface area contributed by atoms with Gasteiger partial charge in [-0.2, -0.15) is 0 Å². The molecule has 0 aromatic carbocycles. The molecule has 0 saturated heterocycles. The highest BCUT2D eigenvalue weighted by Crippen LogP contribution is 2.20. The fourth-order valence-corrected chi connectivity index (χ4v) is 1.24. The summed E-state index contributed by atoms with van der Waals surface area (Å²) in [6.07, 6.45) is 5.00. The highest BCUT2D eigenvalue weighted by atomic mass is 16.1. The number of primary amides is 1. The van der Waals surface area contributed by atoms with Crippen molar-refractivity contribution in [3.05, 3.63) is 24.3 Å². The maximum absolute atomic E-state index is 10.9. The third-order valence-electron chi connectivity index (χ3n) is 2.21. The lowest BCUT2D eigenvalue weighted by atomic mass is 9.94. The Balaban J connectivity index is 2.95. The highest BCUT2D eigenvalue weighted by molar-refractivity contribution is 5.75. The summed E-state index contributed by atoms with van der Waals surface area (Å²) in [6.45, 7) is 1.86. The second kappa shape index (κ2) is 4.15. The lowest BCUT2D eigenvalue weighted by Crippen LogP contribution is -2.41. The van der Waals surface area contributed by atoms with E-state index >= 15 is 0 Å². The minimum absolute atomic E-state index is 0.197. The number of nitrogens with one attached hydrogen (secondary N) is 1. The van der Waals surface area contributed by atoms with Gasteiger partial charge in [-0.1, -0.05) is 0 Å². The molecule has 0 saturated carbocycles. The summed E-state index contributed by atoms with van der Waals surface area (Å²) in [5.74, 6) is -0.368. The van der Waals surface area contributed by atoms with Crippen LogP contribution < -0.4 is 11.1 Å². The lowest BCUT2D eigenvalue weighted by molar-refractivity contribution is -0.119. The van der Waals surface area contributed by atoms with Gasteiger partial charge in [0, 0.05) is 12.4 Å². The van der Waals surface area contributed by atoms with Gasteiger partial charge in [-0.3, -0.25) is 14.8 Å². The van der Waals surface area contributed by atoms with Gasteiger partial charge < -0.3 is 11.1 Å². The summed E-state index contributed by atoms with van der Waals surface area (Å²) in [6, 6.07) is 0. The zero-order chi connectivity index (χ0) is 10.6. The van der Waals surface area contributed by atoms with E-state index in [4.69, 9.17) is 5.73 Å². The van der Waals surface area contributed by atoms with Crippen LogP contribution in [0.3, 0.4) is 0 Å². The molecule has 1 rings (SSSR count). The molecular formula is C9H14N4O. The number of carbonyl (C=O) groups excluding carboxylic acids is 1. The molecule has 0 bridgehead atoms. The average molecular weight is 194 g/mol. The minimum atomic E-state index is -0.542. The van der Waals surface area contributed by atoms with Crippen molar-refractivity contribution in [2.45, 2.75) is 18.9 Å². The molecule has 1 amide bonds. The first-order valence-electron chi connectivity index (χ1n) is 4.32. The van der Waals surface area contributed by atoms with Crippen LogP contribution in [-0.4, -0.2) is 22.9 Å². The van der Waals surface area contributed by atoms with Crippen LogP contribution in [0.4, 0.5) is 0 Å². The molecule has 76 valence electrons. The van der Waals surface area contributed by atoms with Crippen molar-refractivity contribution in [2.24, 2.45) is 5.73 Å². The number of amides is 1. The highest BCUT2D eigenvalue weighted by Gasteiger charge is 2.28. The van der Waals surface area contributed by atoms with Gasteiger partial charge in [0.05, 0.1) is 23.9 Å². The molecule has 0 aliphatic carbocycles. The number of nitrogens with two attached hydrogens (primary N) is 1. The third-order valence-corrected chi connectivity index (χ3v) is 2.21. The van der Waals surface area contributed by atoms with E-state index in [0.29, 0.717) is 5.69 Å². The Labute approximate surface area is 82.7 Å². The Morgan fingerprint density at radius 3 is 2.79 bits per heavy atom. The predicted octanol–water partition coefficient (Wildman–Crippen LogP) is -0.213. The second-order valence-corrected chi connectivity index (χ2v) is 3.32. The van der Waals surface area contributed by atoms with E-state index in [-0.39, 0.29) is 12.3 Å². The van der Waals surface area contributed by atoms with Crippen molar-refractivity contribution in [1.29, 1.82) is 0 Å². The Hall–Kier alpha value is -1.49. The molecular weight excluding hydrogens is 180 g/mol. The maximum atomic E-state index is 10.9. The van der Waals surface area contributed by atoms with E-state index in [9.17, 15) is 4.79 Å². The summed E-state index contributed by atoms with van der Waals surface area (Å²) in [7, 11) is 1.76. The largest absolute Gasteiger partial charge is 0.370 e. The van der Waals surface area contributed by atoms with Crippen molar-refractivity contribution >= 4 is 5.91 Å². The first-order valence-corrected chi connectivity index (χ1v) is 4.32. The zero-order valence-electron chi connectivity index (χ0n) is 8.32. The van der Waals surface area contributed by atoms with E-state index in [2.05, 4.69) is 15.3 Å². The minimum Gasteiger partial charge on any atom is -0.370 e. The zero-order valence-corrected chi connectivity index (χ0v) is 8.32. The SMILES string of the molecule is CNC(C)(CC(N)=O)c1cnccn1. The van der Waals surface area contributed by atoms with Crippen LogP contribution in [0.25, 0.3) is 0 Å². The molecule has 1 aromatic rings. The Bertz CT molecular complexity index is 314. The molecule has 0 radical (unpaired) electrons. The van der Waals surface area contributed by atoms with Gasteiger partial charge in [-0.05, 0) is 14.0 Å². The standard InChI is InChI=1S/C9H14N4O/c1-9(11-2,5-8(10)14)7-6-12-3-4-13-7/h3-4,6,11H,5H2,1-2H3,(H2,10,14). The number of hydrogen-bond acceptors (Lipinski definition) is 4. The molecule has 0 fully saturated rings. The van der Waals surface area contributed by atoms with Crippen LogP contribution in [0.15, 0.2) is 18.6 Å². The molecule has 5 nitrogen and oxygen atoms in total. The number of aromatic nitrogens is 2. The van der Waals surface area contributed by atoms with Gasteiger partial charge in [-0.15, -0.1) is 0 Å². The number of hydrogen-bond donors (Lipinski definition) is 2. The van der Waals surface area contributed by atoms with Gasteiger partial charge in [0.2, 0.25) is 5.91 Å². The number of nitrogens with zero attached hydrogens (tertiary/aromatic N) is 2. The van der Waals surface area contributed by atoms with Crippen molar-refractivity contribution in [3.63, 3.8) is 0 Å². The van der Waals surface area contributed by atoms with E-state index < -0.39 is 5.54 Å². The molecule has 3 N–H and O–H groups in total. The summed E-state index contributed by atoms with van der Waals surface area (Å²) in [4.78, 5) is 19.0. The van der Waals surface area contributed by atoms with Crippen LogP contribution in [0.5, 0.6) is 0 Å². The smallest absolute Gasteiger partial charge is 0.219 e. The molecule has 1 unspecified atom stereocenters. The Morgan fingerprint density at radius 2 is 2.36 bits per heavy atom. The van der Waals surface area contributed by atoms with Crippen molar-refractivity contribution in [2.75, 3.05) is 7.05 Å². The average Bonchev–Trinajstić information content (AvgIpc) is 2.18. The first kappa shape index (κ1) is 10.6. The second-order valence-electron chi connectivity index (χ2n) is 3.32. The van der Waals surface area contributed by atoms with Gasteiger partial charge in [-0.25, -0.2) is 0 Å². The molecule has 0 aliphatic heterocycles. The van der Waals surface area contributed by atoms with Gasteiger partial charge in [0.1, 0.15) is 0 Å². The molecule has 0 aliphatic rings. The van der Waals surface area contributed by atoms with E-state index in [0.717, 1.165) is 0 Å². The topological polar surface area (TPSA) is 80.9 Å². The van der Waals surface area contributed by atoms with Gasteiger partial charge in [0.25, 0.3) is 0 Å². The van der Waals surface area contributed by atoms with E-state index in [1.54, 1.807) is 25.6 Å². The summed E-state index contributed by atoms with van der Waals surface area (Å²) in [5, 5.41) is 3.02. The lowest BCUT2D eigenvalue weighted by Gasteiger charge is -2.26. The maximum Gasteiger partial charge on any atom is 0.219 e. The summed E-state index contributed by atoms with van der Waals surface area (Å²) < 4.78 is 0. The van der Waals surface area contributed by atoms with Gasteiger partial charge in [0.15, 0.2) is 0 Å². The van der Waals surface area contributed by atoms with Crippen LogP contribution in [-0.2, 0) is 10.3 Å². The molecule has 14 heavy (non-hydrogen) atoms. The number of rotatable bonds is 4. The molecule has 1 atom stereocenters. The fraction of sp³-hybridized carbons (Fsp3) is 0.444. The molecule has 5 heteroatoms.